The van der Waals surface area contributed by atoms with Crippen LogP contribution in [0.2, 0.25) is 0 Å². The van der Waals surface area contributed by atoms with E-state index in [1.54, 1.807) is 13.8 Å². The predicted octanol–water partition coefficient (Wildman–Crippen LogP) is 14.3. The zero-order chi connectivity index (χ0) is 34.9. The molecular weight excluding hydrogens is 601 g/mol. The summed E-state index contributed by atoms with van der Waals surface area (Å²) in [6.07, 6.45) is 44.6. The molecule has 0 radical (unpaired) electrons. The van der Waals surface area contributed by atoms with Gasteiger partial charge < -0.3 is 10.2 Å². The smallest absolute Gasteiger partial charge is 0.319 e. The van der Waals surface area contributed by atoms with Crippen molar-refractivity contribution in [3.05, 3.63) is 24.3 Å². The fourth-order valence-corrected chi connectivity index (χ4v) is 7.98. The molecule has 4 nitrogen and oxygen atoms in total. The van der Waals surface area contributed by atoms with Gasteiger partial charge in [0, 0.05) is 0 Å². The van der Waals surface area contributed by atoms with Gasteiger partial charge in [0.15, 0.2) is 0 Å². The quantitative estimate of drug-likeness (QED) is 0.0509. The van der Waals surface area contributed by atoms with E-state index in [1.807, 2.05) is 0 Å². The van der Waals surface area contributed by atoms with E-state index in [2.05, 4.69) is 38.2 Å². The van der Waals surface area contributed by atoms with E-state index >= 15 is 0 Å². The Hall–Kier alpha value is -1.23. The SMILES string of the molecule is CCCCCCCC/C=C\CCCCCCCCC(C)(SC(C)(CCCCCCCC/C=C\CCCCCCCC)C(=O)O)C(=O)O. The minimum atomic E-state index is -1.07. The number of carboxylic acids is 2. The second-order valence-corrected chi connectivity index (χ2v) is 16.6. The number of allylic oxidation sites excluding steroid dienone is 4. The summed E-state index contributed by atoms with van der Waals surface area (Å²) in [4.78, 5) is 24.6. The van der Waals surface area contributed by atoms with Crippen LogP contribution in [0.5, 0.6) is 0 Å². The van der Waals surface area contributed by atoms with Crippen molar-refractivity contribution in [2.75, 3.05) is 0 Å². The van der Waals surface area contributed by atoms with Gasteiger partial charge in [0.05, 0.1) is 0 Å². The number of hydrogen-bond donors (Lipinski definition) is 2. The average Bonchev–Trinajstić information content (AvgIpc) is 3.04. The fourth-order valence-electron chi connectivity index (χ4n) is 6.32. The van der Waals surface area contributed by atoms with Crippen LogP contribution >= 0.6 is 11.8 Å². The van der Waals surface area contributed by atoms with Crippen LogP contribution in [0.4, 0.5) is 0 Å². The highest BCUT2D eigenvalue weighted by molar-refractivity contribution is 8.03. The van der Waals surface area contributed by atoms with Gasteiger partial charge in [-0.25, -0.2) is 0 Å². The summed E-state index contributed by atoms with van der Waals surface area (Å²) >= 11 is 1.17. The molecule has 0 spiro atoms. The van der Waals surface area contributed by atoms with Gasteiger partial charge in [-0.3, -0.25) is 9.59 Å². The maximum Gasteiger partial charge on any atom is 0.319 e. The van der Waals surface area contributed by atoms with Gasteiger partial charge in [-0.2, -0.15) is 0 Å². The van der Waals surface area contributed by atoms with Crippen LogP contribution < -0.4 is 0 Å². The fraction of sp³-hybridized carbons (Fsp3) is 0.857. The van der Waals surface area contributed by atoms with E-state index in [-0.39, 0.29) is 0 Å². The second-order valence-electron chi connectivity index (χ2n) is 14.5. The van der Waals surface area contributed by atoms with E-state index in [0.717, 1.165) is 51.4 Å². The number of carbonyl (C=O) groups is 2. The van der Waals surface area contributed by atoms with E-state index in [4.69, 9.17) is 0 Å². The first kappa shape index (κ1) is 45.8. The molecule has 276 valence electrons. The number of rotatable bonds is 36. The molecule has 0 heterocycles. The molecule has 2 unspecified atom stereocenters. The zero-order valence-electron chi connectivity index (χ0n) is 31.6. The first-order chi connectivity index (χ1) is 22.7. The molecule has 0 aromatic carbocycles. The van der Waals surface area contributed by atoms with Gasteiger partial charge in [0.1, 0.15) is 9.49 Å². The van der Waals surface area contributed by atoms with Gasteiger partial charge in [-0.15, -0.1) is 11.8 Å². The molecule has 0 rings (SSSR count). The number of thioether (sulfide) groups is 1. The Bertz CT molecular complexity index is 729. The minimum Gasteiger partial charge on any atom is -0.480 e. The molecule has 0 aliphatic carbocycles. The van der Waals surface area contributed by atoms with Crippen LogP contribution in [0.15, 0.2) is 24.3 Å². The number of carboxylic acid groups (broad SMARTS) is 2. The molecule has 0 saturated carbocycles. The van der Waals surface area contributed by atoms with Crippen LogP contribution in [0.25, 0.3) is 0 Å². The van der Waals surface area contributed by atoms with Gasteiger partial charge >= 0.3 is 11.9 Å². The predicted molar refractivity (Wildman–Crippen MR) is 208 cm³/mol. The minimum absolute atomic E-state index is 0.518. The third-order valence-corrected chi connectivity index (χ3v) is 11.3. The maximum atomic E-state index is 12.3. The first-order valence-electron chi connectivity index (χ1n) is 20.2. The summed E-state index contributed by atoms with van der Waals surface area (Å²) in [7, 11) is 0. The molecule has 0 aromatic rings. The topological polar surface area (TPSA) is 74.6 Å². The largest absolute Gasteiger partial charge is 0.480 e. The second kappa shape index (κ2) is 32.0. The lowest BCUT2D eigenvalue weighted by Gasteiger charge is -2.34. The van der Waals surface area contributed by atoms with Crippen molar-refractivity contribution in [2.45, 2.75) is 230 Å². The third kappa shape index (κ3) is 27.3. The van der Waals surface area contributed by atoms with Gasteiger partial charge in [-0.1, -0.05) is 167 Å². The molecule has 0 aliphatic rings. The lowest BCUT2D eigenvalue weighted by Crippen LogP contribution is -2.42. The van der Waals surface area contributed by atoms with Crippen molar-refractivity contribution >= 4 is 23.7 Å². The van der Waals surface area contributed by atoms with Gasteiger partial charge in [0.25, 0.3) is 0 Å². The molecule has 2 atom stereocenters. The van der Waals surface area contributed by atoms with E-state index in [1.165, 1.54) is 140 Å². The Kier molecular flexibility index (Phi) is 31.2. The first-order valence-corrected chi connectivity index (χ1v) is 21.0. The van der Waals surface area contributed by atoms with Crippen molar-refractivity contribution in [3.63, 3.8) is 0 Å². The van der Waals surface area contributed by atoms with E-state index in [9.17, 15) is 19.8 Å². The molecule has 2 N–H and O–H groups in total. The lowest BCUT2D eigenvalue weighted by atomic mass is 10.00. The number of unbranched alkanes of at least 4 members (excludes halogenated alkanes) is 24. The molecule has 0 bridgehead atoms. The van der Waals surface area contributed by atoms with E-state index in [0.29, 0.717) is 12.8 Å². The molecule has 0 saturated heterocycles. The highest BCUT2D eigenvalue weighted by Gasteiger charge is 2.45. The van der Waals surface area contributed by atoms with E-state index < -0.39 is 21.4 Å². The summed E-state index contributed by atoms with van der Waals surface area (Å²) in [5.74, 6) is -1.77. The Morgan fingerprint density at radius 1 is 0.426 bits per heavy atom. The number of hydrogen-bond acceptors (Lipinski definition) is 3. The maximum absolute atomic E-state index is 12.3. The molecule has 5 heteroatoms. The summed E-state index contributed by atoms with van der Waals surface area (Å²) in [5, 5.41) is 20.2. The standard InChI is InChI=1S/C42H78O4S/c1-5-7-9-11-13-15-17-19-21-23-25-27-29-31-33-35-37-41(3,39(43)44)47-42(4,40(45)46)38-36-34-32-30-28-26-24-22-20-18-16-14-12-10-8-6-2/h19-22H,5-18,23-38H2,1-4H3,(H,43,44)(H,45,46)/b21-19-,22-20-. The summed E-state index contributed by atoms with van der Waals surface area (Å²) in [6.45, 7) is 8.00. The molecular formula is C42H78O4S. The van der Waals surface area contributed by atoms with Crippen molar-refractivity contribution in [1.82, 2.24) is 0 Å². The van der Waals surface area contributed by atoms with Crippen LogP contribution in [0.3, 0.4) is 0 Å². The van der Waals surface area contributed by atoms with Crippen LogP contribution in [0, 0.1) is 0 Å². The van der Waals surface area contributed by atoms with Crippen molar-refractivity contribution in [1.29, 1.82) is 0 Å². The summed E-state index contributed by atoms with van der Waals surface area (Å²) in [6, 6.07) is 0. The highest BCUT2D eigenvalue weighted by Crippen LogP contribution is 2.43. The van der Waals surface area contributed by atoms with Gasteiger partial charge in [-0.05, 0) is 78.1 Å². The molecule has 0 fully saturated rings. The van der Waals surface area contributed by atoms with Gasteiger partial charge in [0.2, 0.25) is 0 Å². The van der Waals surface area contributed by atoms with Crippen LogP contribution in [-0.2, 0) is 9.59 Å². The zero-order valence-corrected chi connectivity index (χ0v) is 32.5. The Labute approximate surface area is 296 Å². The van der Waals surface area contributed by atoms with Crippen LogP contribution in [0.1, 0.15) is 220 Å². The third-order valence-electron chi connectivity index (χ3n) is 9.69. The van der Waals surface area contributed by atoms with Crippen molar-refractivity contribution in [3.8, 4) is 0 Å². The molecule has 0 aliphatic heterocycles. The van der Waals surface area contributed by atoms with Crippen LogP contribution in [-0.4, -0.2) is 31.6 Å². The Morgan fingerprint density at radius 3 is 0.915 bits per heavy atom. The van der Waals surface area contributed by atoms with Crippen molar-refractivity contribution < 1.29 is 19.8 Å². The molecule has 0 aromatic heterocycles. The normalized spacial score (nSPS) is 14.6. The summed E-state index contributed by atoms with van der Waals surface area (Å²) < 4.78 is -2.15. The highest BCUT2D eigenvalue weighted by atomic mass is 32.2. The van der Waals surface area contributed by atoms with Crippen molar-refractivity contribution in [2.24, 2.45) is 0 Å². The summed E-state index contributed by atoms with van der Waals surface area (Å²) in [5.41, 5.74) is 0. The molecule has 47 heavy (non-hydrogen) atoms. The Balaban J connectivity index is 4.10. The lowest BCUT2D eigenvalue weighted by molar-refractivity contribution is -0.139. The average molecular weight is 679 g/mol. The number of aliphatic carboxylic acids is 2. The molecule has 0 amide bonds. The Morgan fingerprint density at radius 2 is 0.660 bits per heavy atom. The monoisotopic (exact) mass is 679 g/mol.